The number of hydrogen-bond donors (Lipinski definition) is 2. The summed E-state index contributed by atoms with van der Waals surface area (Å²) in [6, 6.07) is 16.3. The zero-order chi connectivity index (χ0) is 33.7. The Morgan fingerprint density at radius 1 is 0.362 bits per heavy atom. The fourth-order valence-corrected chi connectivity index (χ4v) is 4.19. The summed E-state index contributed by atoms with van der Waals surface area (Å²) >= 11 is 0. The molecule has 0 aliphatic heterocycles. The molecule has 0 amide bonds. The van der Waals surface area contributed by atoms with Crippen molar-refractivity contribution in [3.63, 3.8) is 0 Å². The van der Waals surface area contributed by atoms with Gasteiger partial charge in [-0.25, -0.2) is 0 Å². The first-order valence-electron chi connectivity index (χ1n) is 16.4. The van der Waals surface area contributed by atoms with Gasteiger partial charge in [0.1, 0.15) is 24.7 Å². The highest BCUT2D eigenvalue weighted by atomic mass is 16.6. The molecule has 2 N–H and O–H groups in total. The lowest BCUT2D eigenvalue weighted by molar-refractivity contribution is -0.00779. The minimum absolute atomic E-state index is 0.0220. The number of hydrogen-bond acceptors (Lipinski definition) is 12. The first-order chi connectivity index (χ1) is 23.1. The van der Waals surface area contributed by atoms with E-state index >= 15 is 0 Å². The summed E-state index contributed by atoms with van der Waals surface area (Å²) in [4.78, 5) is 0. The molecule has 0 atom stereocenters. The number of aliphatic hydroxyl groups excluding tert-OH is 2. The van der Waals surface area contributed by atoms with E-state index in [0.717, 1.165) is 11.5 Å². The van der Waals surface area contributed by atoms with E-state index in [2.05, 4.69) is 38.1 Å². The second kappa shape index (κ2) is 27.6. The van der Waals surface area contributed by atoms with Gasteiger partial charge in [0.2, 0.25) is 0 Å². The number of ether oxygens (including phenoxy) is 10. The molecule has 12 heteroatoms. The van der Waals surface area contributed by atoms with Crippen molar-refractivity contribution in [2.75, 3.05) is 132 Å². The maximum Gasteiger partial charge on any atom is 0.119 e. The summed E-state index contributed by atoms with van der Waals surface area (Å²) in [5.74, 6) is 1.60. The molecule has 0 heterocycles. The standard InChI is InChI=1S/C35H56O12/c1-35(2,31-3-7-33(8-4-31)46-29-27-44-25-23-42-21-19-40-17-15-38-13-11-36)32-5-9-34(10-6-32)47-30-28-45-26-24-43-22-20-41-18-16-39-14-12-37/h3-10,36-37H,11-30H2,1-2H3. The molecular weight excluding hydrogens is 612 g/mol. The van der Waals surface area contributed by atoms with Crippen molar-refractivity contribution in [1.29, 1.82) is 0 Å². The lowest BCUT2D eigenvalue weighted by Crippen LogP contribution is -2.19. The summed E-state index contributed by atoms with van der Waals surface area (Å²) in [6.45, 7) is 12.8. The molecule has 0 saturated carbocycles. The fraction of sp³-hybridized carbons (Fsp3) is 0.657. The van der Waals surface area contributed by atoms with Crippen molar-refractivity contribution < 1.29 is 57.6 Å². The molecule has 0 bridgehead atoms. The van der Waals surface area contributed by atoms with E-state index in [1.54, 1.807) is 0 Å². The third kappa shape index (κ3) is 19.9. The van der Waals surface area contributed by atoms with Gasteiger partial charge in [0, 0.05) is 5.41 Å². The lowest BCUT2D eigenvalue weighted by Gasteiger charge is -2.26. The molecular formula is C35H56O12. The Labute approximate surface area is 280 Å². The maximum atomic E-state index is 8.62. The second-order valence-electron chi connectivity index (χ2n) is 10.7. The predicted octanol–water partition coefficient (Wildman–Crippen LogP) is 2.89. The van der Waals surface area contributed by atoms with E-state index in [1.807, 2.05) is 24.3 Å². The van der Waals surface area contributed by atoms with Crippen LogP contribution < -0.4 is 9.47 Å². The third-order valence-electron chi connectivity index (χ3n) is 6.85. The molecule has 0 fully saturated rings. The zero-order valence-corrected chi connectivity index (χ0v) is 28.2. The average Bonchev–Trinajstić information content (AvgIpc) is 3.09. The quantitative estimate of drug-likeness (QED) is 0.111. The van der Waals surface area contributed by atoms with Gasteiger partial charge in [-0.3, -0.25) is 0 Å². The van der Waals surface area contributed by atoms with Crippen molar-refractivity contribution in [3.8, 4) is 11.5 Å². The topological polar surface area (TPSA) is 133 Å². The minimum atomic E-state index is -0.194. The molecule has 268 valence electrons. The van der Waals surface area contributed by atoms with Crippen LogP contribution in [0.5, 0.6) is 11.5 Å². The van der Waals surface area contributed by atoms with Crippen LogP contribution >= 0.6 is 0 Å². The van der Waals surface area contributed by atoms with Gasteiger partial charge < -0.3 is 57.6 Å². The van der Waals surface area contributed by atoms with Crippen LogP contribution in [0.1, 0.15) is 25.0 Å². The van der Waals surface area contributed by atoms with E-state index in [-0.39, 0.29) is 18.6 Å². The van der Waals surface area contributed by atoms with Crippen LogP contribution in [0, 0.1) is 0 Å². The number of aliphatic hydroxyl groups is 2. The Kier molecular flexibility index (Phi) is 23.9. The molecule has 2 rings (SSSR count). The highest BCUT2D eigenvalue weighted by Gasteiger charge is 2.23. The zero-order valence-electron chi connectivity index (χ0n) is 28.2. The molecule has 2 aromatic carbocycles. The van der Waals surface area contributed by atoms with Crippen LogP contribution in [-0.4, -0.2) is 142 Å². The number of rotatable bonds is 32. The lowest BCUT2D eigenvalue weighted by atomic mass is 9.78. The van der Waals surface area contributed by atoms with Gasteiger partial charge in [-0.1, -0.05) is 38.1 Å². The Morgan fingerprint density at radius 2 is 0.596 bits per heavy atom. The molecule has 0 aliphatic rings. The minimum Gasteiger partial charge on any atom is -0.491 e. The normalized spacial score (nSPS) is 11.7. The first kappa shape index (κ1) is 40.8. The number of benzene rings is 2. The van der Waals surface area contributed by atoms with E-state index in [0.29, 0.717) is 119 Å². The second-order valence-corrected chi connectivity index (χ2v) is 10.7. The highest BCUT2D eigenvalue weighted by Crippen LogP contribution is 2.33. The Hall–Kier alpha value is -2.36. The van der Waals surface area contributed by atoms with Gasteiger partial charge in [-0.05, 0) is 35.4 Å². The molecule has 12 nitrogen and oxygen atoms in total. The Bertz CT molecular complexity index is 894. The van der Waals surface area contributed by atoms with Gasteiger partial charge in [-0.15, -0.1) is 0 Å². The summed E-state index contributed by atoms with van der Waals surface area (Å²) in [5.41, 5.74) is 2.17. The van der Waals surface area contributed by atoms with Gasteiger partial charge in [0.15, 0.2) is 0 Å². The van der Waals surface area contributed by atoms with Crippen LogP contribution in [0.15, 0.2) is 48.5 Å². The molecule has 0 aromatic heterocycles. The van der Waals surface area contributed by atoms with Gasteiger partial charge >= 0.3 is 0 Å². The van der Waals surface area contributed by atoms with Crippen LogP contribution in [0.4, 0.5) is 0 Å². The van der Waals surface area contributed by atoms with Crippen molar-refractivity contribution >= 4 is 0 Å². The van der Waals surface area contributed by atoms with Gasteiger partial charge in [0.25, 0.3) is 0 Å². The monoisotopic (exact) mass is 668 g/mol. The average molecular weight is 669 g/mol. The molecule has 0 unspecified atom stereocenters. The van der Waals surface area contributed by atoms with Crippen LogP contribution in [0.25, 0.3) is 0 Å². The smallest absolute Gasteiger partial charge is 0.119 e. The van der Waals surface area contributed by atoms with Crippen molar-refractivity contribution in [1.82, 2.24) is 0 Å². The first-order valence-corrected chi connectivity index (χ1v) is 16.4. The molecule has 0 spiro atoms. The molecule has 47 heavy (non-hydrogen) atoms. The van der Waals surface area contributed by atoms with Crippen LogP contribution in [0.3, 0.4) is 0 Å². The highest BCUT2D eigenvalue weighted by molar-refractivity contribution is 5.41. The van der Waals surface area contributed by atoms with Gasteiger partial charge in [-0.2, -0.15) is 0 Å². The SMILES string of the molecule is CC(C)(c1ccc(OCCOCCOCCOCCOCCO)cc1)c1ccc(OCCOCCOCCOCCOCCO)cc1. The van der Waals surface area contributed by atoms with E-state index in [4.69, 9.17) is 57.6 Å². The molecule has 0 saturated heterocycles. The van der Waals surface area contributed by atoms with Crippen molar-refractivity contribution in [2.45, 2.75) is 19.3 Å². The predicted molar refractivity (Wildman–Crippen MR) is 177 cm³/mol. The summed E-state index contributed by atoms with van der Waals surface area (Å²) in [7, 11) is 0. The molecule has 2 aromatic rings. The van der Waals surface area contributed by atoms with E-state index < -0.39 is 0 Å². The summed E-state index contributed by atoms with van der Waals surface area (Å²) < 4.78 is 54.7. The fourth-order valence-electron chi connectivity index (χ4n) is 4.19. The summed E-state index contributed by atoms with van der Waals surface area (Å²) in [5, 5.41) is 17.2. The maximum absolute atomic E-state index is 8.62. The Morgan fingerprint density at radius 3 is 0.851 bits per heavy atom. The van der Waals surface area contributed by atoms with Crippen LogP contribution in [0.2, 0.25) is 0 Å². The van der Waals surface area contributed by atoms with E-state index in [9.17, 15) is 0 Å². The molecule has 0 aliphatic carbocycles. The van der Waals surface area contributed by atoms with Crippen molar-refractivity contribution in [2.24, 2.45) is 0 Å². The summed E-state index contributed by atoms with van der Waals surface area (Å²) in [6.07, 6.45) is 0. The van der Waals surface area contributed by atoms with Crippen LogP contribution in [-0.2, 0) is 43.3 Å². The van der Waals surface area contributed by atoms with E-state index in [1.165, 1.54) is 11.1 Å². The van der Waals surface area contributed by atoms with Gasteiger partial charge in [0.05, 0.1) is 119 Å². The van der Waals surface area contributed by atoms with Crippen molar-refractivity contribution in [3.05, 3.63) is 59.7 Å². The molecule has 0 radical (unpaired) electrons. The largest absolute Gasteiger partial charge is 0.491 e. The Balaban J connectivity index is 1.51. The third-order valence-corrected chi connectivity index (χ3v) is 6.85.